The Morgan fingerprint density at radius 1 is 0.647 bits per heavy atom. The van der Waals surface area contributed by atoms with Crippen LogP contribution in [0.1, 0.15) is 0 Å². The third-order valence-electron chi connectivity index (χ3n) is 4.57. The molecule has 0 aliphatic rings. The molecule has 0 aromatic heterocycles. The number of hydrogen-bond donors (Lipinski definition) is 2. The molecule has 0 spiro atoms. The number of rotatable bonds is 9. The molecule has 2 N–H and O–H groups in total. The molecule has 0 unspecified atom stereocenters. The summed E-state index contributed by atoms with van der Waals surface area (Å²) in [6, 6.07) is 9.83. The number of nitrogens with one attached hydrogen (secondary N) is 2. The lowest BCUT2D eigenvalue weighted by molar-refractivity contribution is 0.402. The van der Waals surface area contributed by atoms with Gasteiger partial charge in [0.25, 0.3) is 20.0 Å². The van der Waals surface area contributed by atoms with Gasteiger partial charge in [0.05, 0.1) is 37.6 Å². The number of methoxy groups -OCH3 is 3. The molecule has 3 rings (SSSR count). The van der Waals surface area contributed by atoms with E-state index in [0.717, 1.165) is 42.5 Å². The quantitative estimate of drug-likeness (QED) is 0.448. The Kier molecular flexibility index (Phi) is 7.17. The largest absolute Gasteiger partial charge is 0.497 e. The van der Waals surface area contributed by atoms with Crippen LogP contribution >= 0.6 is 0 Å². The second-order valence-corrected chi connectivity index (χ2v) is 10.0. The van der Waals surface area contributed by atoms with Gasteiger partial charge in [0.2, 0.25) is 0 Å². The first-order chi connectivity index (χ1) is 16.0. The van der Waals surface area contributed by atoms with E-state index in [0.29, 0.717) is 0 Å². The Hall–Kier alpha value is -3.58. The van der Waals surface area contributed by atoms with E-state index in [4.69, 9.17) is 14.2 Å². The van der Waals surface area contributed by atoms with Gasteiger partial charge in [0, 0.05) is 12.1 Å². The van der Waals surface area contributed by atoms with Gasteiger partial charge in [-0.05, 0) is 42.5 Å². The van der Waals surface area contributed by atoms with E-state index >= 15 is 0 Å². The minimum Gasteiger partial charge on any atom is -0.497 e. The van der Waals surface area contributed by atoms with Crippen LogP contribution in [-0.2, 0) is 20.0 Å². The van der Waals surface area contributed by atoms with Gasteiger partial charge in [-0.2, -0.15) is 0 Å². The van der Waals surface area contributed by atoms with Gasteiger partial charge in [-0.15, -0.1) is 0 Å². The Morgan fingerprint density at radius 2 is 1.15 bits per heavy atom. The Morgan fingerprint density at radius 3 is 1.62 bits per heavy atom. The van der Waals surface area contributed by atoms with Crippen LogP contribution in [0.4, 0.5) is 20.2 Å². The van der Waals surface area contributed by atoms with Gasteiger partial charge >= 0.3 is 0 Å². The summed E-state index contributed by atoms with van der Waals surface area (Å²) >= 11 is 0. The van der Waals surface area contributed by atoms with E-state index in [9.17, 15) is 25.6 Å². The van der Waals surface area contributed by atoms with Crippen LogP contribution in [0.5, 0.6) is 17.2 Å². The van der Waals surface area contributed by atoms with Gasteiger partial charge < -0.3 is 14.2 Å². The molecule has 0 bridgehead atoms. The Bertz CT molecular complexity index is 1430. The normalized spacial score (nSPS) is 11.6. The zero-order valence-corrected chi connectivity index (χ0v) is 19.8. The van der Waals surface area contributed by atoms with Gasteiger partial charge in [-0.3, -0.25) is 9.44 Å². The van der Waals surface area contributed by atoms with Crippen molar-refractivity contribution in [2.24, 2.45) is 0 Å². The SMILES string of the molecule is COc1ccc(F)c(NS(=O)(=O)c2ccc(OC)c(S(=O)(=O)Nc3cc(OC)ccc3F)c2)c1. The molecule has 0 heterocycles. The molecule has 0 aliphatic heterocycles. The highest BCUT2D eigenvalue weighted by Gasteiger charge is 2.26. The molecular formula is C21H20F2N2O7S2. The molecule has 3 aromatic rings. The van der Waals surface area contributed by atoms with Crippen LogP contribution in [0.25, 0.3) is 0 Å². The number of anilines is 2. The monoisotopic (exact) mass is 514 g/mol. The van der Waals surface area contributed by atoms with Crippen molar-refractivity contribution in [3.8, 4) is 17.2 Å². The van der Waals surface area contributed by atoms with Crippen molar-refractivity contribution in [1.82, 2.24) is 0 Å². The first kappa shape index (κ1) is 25.1. The van der Waals surface area contributed by atoms with Crippen molar-refractivity contribution in [2.75, 3.05) is 30.8 Å². The molecule has 0 fully saturated rings. The molecule has 0 atom stereocenters. The van der Waals surface area contributed by atoms with Crippen molar-refractivity contribution in [1.29, 1.82) is 0 Å². The van der Waals surface area contributed by atoms with Crippen molar-refractivity contribution in [2.45, 2.75) is 9.79 Å². The average molecular weight is 515 g/mol. The topological polar surface area (TPSA) is 120 Å². The summed E-state index contributed by atoms with van der Waals surface area (Å²) in [5, 5.41) is 0. The zero-order chi connectivity index (χ0) is 25.1. The number of halogens is 2. The lowest BCUT2D eigenvalue weighted by Crippen LogP contribution is -2.18. The lowest BCUT2D eigenvalue weighted by atomic mass is 10.3. The molecule has 9 nitrogen and oxygen atoms in total. The van der Waals surface area contributed by atoms with Gasteiger partial charge in [-0.1, -0.05) is 0 Å². The highest BCUT2D eigenvalue weighted by molar-refractivity contribution is 7.93. The summed E-state index contributed by atoms with van der Waals surface area (Å²) in [6.45, 7) is 0. The molecule has 0 radical (unpaired) electrons. The molecule has 3 aromatic carbocycles. The van der Waals surface area contributed by atoms with E-state index in [1.807, 2.05) is 0 Å². The molecule has 182 valence electrons. The zero-order valence-electron chi connectivity index (χ0n) is 18.1. The molecule has 0 amide bonds. The van der Waals surface area contributed by atoms with E-state index in [1.54, 1.807) is 0 Å². The van der Waals surface area contributed by atoms with Crippen LogP contribution in [0, 0.1) is 11.6 Å². The number of ether oxygens (including phenoxy) is 3. The predicted molar refractivity (Wildman–Crippen MR) is 121 cm³/mol. The molecule has 13 heteroatoms. The Balaban J connectivity index is 2.03. The van der Waals surface area contributed by atoms with Gasteiger partial charge in [-0.25, -0.2) is 25.6 Å². The minimum absolute atomic E-state index is 0.187. The lowest BCUT2D eigenvalue weighted by Gasteiger charge is -2.15. The third-order valence-corrected chi connectivity index (χ3v) is 7.32. The van der Waals surface area contributed by atoms with Crippen LogP contribution in [0.2, 0.25) is 0 Å². The maximum absolute atomic E-state index is 14.2. The second kappa shape index (κ2) is 9.73. The number of benzene rings is 3. The standard InChI is InChI=1S/C21H20F2N2O7S2/c1-30-13-4-7-16(22)18(10-13)24-33(26,27)15-6-9-20(32-3)21(12-15)34(28,29)25-19-11-14(31-2)5-8-17(19)23/h4-12,24-25H,1-3H3. The summed E-state index contributed by atoms with van der Waals surface area (Å²) in [4.78, 5) is -1.10. The van der Waals surface area contributed by atoms with Crippen molar-refractivity contribution in [3.05, 3.63) is 66.2 Å². The fraction of sp³-hybridized carbons (Fsp3) is 0.143. The fourth-order valence-electron chi connectivity index (χ4n) is 2.86. The molecule has 0 aliphatic carbocycles. The summed E-state index contributed by atoms with van der Waals surface area (Å²) in [5.41, 5.74) is -0.831. The predicted octanol–water partition coefficient (Wildman–Crippen LogP) is 3.59. The van der Waals surface area contributed by atoms with Crippen molar-refractivity contribution >= 4 is 31.4 Å². The first-order valence-electron chi connectivity index (χ1n) is 9.41. The van der Waals surface area contributed by atoms with Crippen molar-refractivity contribution in [3.63, 3.8) is 0 Å². The van der Waals surface area contributed by atoms with E-state index in [2.05, 4.69) is 9.44 Å². The van der Waals surface area contributed by atoms with Gasteiger partial charge in [0.1, 0.15) is 33.8 Å². The maximum atomic E-state index is 14.2. The highest BCUT2D eigenvalue weighted by atomic mass is 32.2. The first-order valence-corrected chi connectivity index (χ1v) is 12.4. The Labute approximate surface area is 195 Å². The summed E-state index contributed by atoms with van der Waals surface area (Å²) in [6.07, 6.45) is 0. The van der Waals surface area contributed by atoms with Gasteiger partial charge in [0.15, 0.2) is 0 Å². The van der Waals surface area contributed by atoms with Crippen LogP contribution in [0.15, 0.2) is 64.4 Å². The van der Waals surface area contributed by atoms with Crippen molar-refractivity contribution < 1.29 is 39.8 Å². The van der Waals surface area contributed by atoms with Crippen LogP contribution in [0.3, 0.4) is 0 Å². The van der Waals surface area contributed by atoms with E-state index in [1.165, 1.54) is 33.5 Å². The minimum atomic E-state index is -4.53. The molecule has 0 saturated heterocycles. The summed E-state index contributed by atoms with van der Waals surface area (Å²) < 4.78 is 99.2. The maximum Gasteiger partial charge on any atom is 0.265 e. The van der Waals surface area contributed by atoms with E-state index < -0.39 is 52.8 Å². The summed E-state index contributed by atoms with van der Waals surface area (Å²) in [7, 11) is -5.16. The number of sulfonamides is 2. The van der Waals surface area contributed by atoms with Crippen LogP contribution in [-0.4, -0.2) is 38.2 Å². The van der Waals surface area contributed by atoms with E-state index in [-0.39, 0.29) is 17.2 Å². The van der Waals surface area contributed by atoms with Crippen LogP contribution < -0.4 is 23.7 Å². The highest BCUT2D eigenvalue weighted by Crippen LogP contribution is 2.31. The molecule has 34 heavy (non-hydrogen) atoms. The third kappa shape index (κ3) is 5.31. The average Bonchev–Trinajstić information content (AvgIpc) is 2.81. The smallest absolute Gasteiger partial charge is 0.265 e. The summed E-state index contributed by atoms with van der Waals surface area (Å²) in [5.74, 6) is -1.58. The molecular weight excluding hydrogens is 494 g/mol. The fourth-order valence-corrected chi connectivity index (χ4v) is 5.27. The molecule has 0 saturated carbocycles. The second-order valence-electron chi connectivity index (χ2n) is 6.72. The number of hydrogen-bond acceptors (Lipinski definition) is 7.